The van der Waals surface area contributed by atoms with Gasteiger partial charge in [0, 0.05) is 18.0 Å². The molecule has 1 aromatic carbocycles. The fraction of sp³-hybridized carbons (Fsp3) is 0.667. The summed E-state index contributed by atoms with van der Waals surface area (Å²) in [4.78, 5) is 2.65. The largest absolute Gasteiger partial charge is 0.493 e. The molecule has 0 spiro atoms. The van der Waals surface area contributed by atoms with Gasteiger partial charge in [0.05, 0.1) is 6.61 Å². The van der Waals surface area contributed by atoms with Gasteiger partial charge in [0.25, 0.3) is 0 Å². The summed E-state index contributed by atoms with van der Waals surface area (Å²) < 4.78 is 5.64. The summed E-state index contributed by atoms with van der Waals surface area (Å²) in [5.74, 6) is 1.07. The van der Waals surface area contributed by atoms with Crippen LogP contribution in [-0.4, -0.2) is 37.2 Å². The molecule has 3 heteroatoms. The summed E-state index contributed by atoms with van der Waals surface area (Å²) in [6, 6.07) is 7.07. The van der Waals surface area contributed by atoms with Gasteiger partial charge in [-0.25, -0.2) is 0 Å². The highest BCUT2D eigenvalue weighted by atomic mass is 16.5. The van der Waals surface area contributed by atoms with Gasteiger partial charge in [-0.2, -0.15) is 0 Å². The van der Waals surface area contributed by atoms with Gasteiger partial charge in [0.2, 0.25) is 0 Å². The Morgan fingerprint density at radius 3 is 2.67 bits per heavy atom. The van der Waals surface area contributed by atoms with Crippen molar-refractivity contribution < 1.29 is 4.74 Å². The topological polar surface area (TPSA) is 24.5 Å². The highest BCUT2D eigenvalue weighted by Gasteiger charge is 2.36. The molecule has 116 valence electrons. The van der Waals surface area contributed by atoms with E-state index in [1.807, 2.05) is 0 Å². The number of hydrogen-bond donors (Lipinski definition) is 1. The highest BCUT2D eigenvalue weighted by Crippen LogP contribution is 2.35. The second kappa shape index (κ2) is 5.98. The monoisotopic (exact) mass is 288 g/mol. The molecule has 0 saturated carbocycles. The van der Waals surface area contributed by atoms with Gasteiger partial charge >= 0.3 is 0 Å². The fourth-order valence-corrected chi connectivity index (χ4v) is 3.97. The van der Waals surface area contributed by atoms with Gasteiger partial charge in [0.1, 0.15) is 5.75 Å². The Morgan fingerprint density at radius 2 is 1.95 bits per heavy atom. The maximum Gasteiger partial charge on any atom is 0.122 e. The number of likely N-dealkylation sites (tertiary alicyclic amines) is 1. The van der Waals surface area contributed by atoms with Crippen LogP contribution in [0.5, 0.6) is 5.75 Å². The van der Waals surface area contributed by atoms with Crippen LogP contribution in [0.15, 0.2) is 18.2 Å². The quantitative estimate of drug-likeness (QED) is 0.921. The molecule has 1 N–H and O–H groups in total. The average molecular weight is 288 g/mol. The molecule has 2 aliphatic rings. The maximum atomic E-state index is 5.64. The molecule has 0 radical (unpaired) electrons. The van der Waals surface area contributed by atoms with Gasteiger partial charge < -0.3 is 10.1 Å². The zero-order valence-corrected chi connectivity index (χ0v) is 13.6. The number of benzene rings is 1. The molecule has 1 aromatic rings. The lowest BCUT2D eigenvalue weighted by molar-refractivity contribution is 0.0632. The smallest absolute Gasteiger partial charge is 0.122 e. The number of ether oxygens (including phenoxy) is 1. The minimum Gasteiger partial charge on any atom is -0.493 e. The zero-order chi connectivity index (χ0) is 14.9. The Bertz CT molecular complexity index is 492. The van der Waals surface area contributed by atoms with E-state index in [-0.39, 0.29) is 5.54 Å². The molecule has 0 aliphatic carbocycles. The summed E-state index contributed by atoms with van der Waals surface area (Å²) in [6.45, 7) is 8.03. The molecule has 3 nitrogen and oxygen atoms in total. The summed E-state index contributed by atoms with van der Waals surface area (Å²) in [7, 11) is 2.08. The molecule has 0 bridgehead atoms. The molecule has 0 aromatic heterocycles. The van der Waals surface area contributed by atoms with Crippen molar-refractivity contribution in [3.8, 4) is 5.75 Å². The number of fused-ring (bicyclic) bond motifs is 1. The molecular formula is C18H28N2O. The molecule has 1 fully saturated rings. The summed E-state index contributed by atoms with van der Waals surface area (Å²) >= 11 is 0. The van der Waals surface area contributed by atoms with E-state index in [9.17, 15) is 0 Å². The van der Waals surface area contributed by atoms with E-state index in [4.69, 9.17) is 4.74 Å². The Balaban J connectivity index is 1.86. The Morgan fingerprint density at radius 1 is 1.19 bits per heavy atom. The second-order valence-corrected chi connectivity index (χ2v) is 6.89. The number of piperidine rings is 1. The third kappa shape index (κ3) is 2.82. The fourth-order valence-electron chi connectivity index (χ4n) is 3.97. The molecule has 3 rings (SSSR count). The van der Waals surface area contributed by atoms with E-state index in [1.165, 1.54) is 43.5 Å². The van der Waals surface area contributed by atoms with Gasteiger partial charge in [-0.1, -0.05) is 18.6 Å². The standard InChI is InChI=1S/C18H28N2O/c1-18(2,20-10-5-4-6-11-20)17(19-3)15-7-8-16-14(13-15)9-12-21-16/h7-8,13,17,19H,4-6,9-12H2,1-3H3. The molecule has 1 atom stereocenters. The first kappa shape index (κ1) is 14.9. The number of nitrogens with one attached hydrogen (secondary N) is 1. The number of likely N-dealkylation sites (N-methyl/N-ethyl adjacent to an activating group) is 1. The van der Waals surface area contributed by atoms with E-state index >= 15 is 0 Å². The van der Waals surface area contributed by atoms with E-state index in [2.05, 4.69) is 49.3 Å². The van der Waals surface area contributed by atoms with Crippen LogP contribution in [0.3, 0.4) is 0 Å². The van der Waals surface area contributed by atoms with Gasteiger partial charge in [-0.05, 0) is 64.0 Å². The third-order valence-corrected chi connectivity index (χ3v) is 5.21. The summed E-state index contributed by atoms with van der Waals surface area (Å²) in [5.41, 5.74) is 2.88. The average Bonchev–Trinajstić information content (AvgIpc) is 2.96. The molecular weight excluding hydrogens is 260 g/mol. The van der Waals surface area contributed by atoms with Gasteiger partial charge in [-0.15, -0.1) is 0 Å². The van der Waals surface area contributed by atoms with Crippen LogP contribution in [0.1, 0.15) is 50.3 Å². The maximum absolute atomic E-state index is 5.64. The lowest BCUT2D eigenvalue weighted by Gasteiger charge is -2.46. The molecule has 0 amide bonds. The normalized spacial score (nSPS) is 20.9. The Labute approximate surface area is 128 Å². The predicted octanol–water partition coefficient (Wildman–Crippen LogP) is 3.15. The van der Waals surface area contributed by atoms with Crippen molar-refractivity contribution >= 4 is 0 Å². The van der Waals surface area contributed by atoms with Gasteiger partial charge in [0.15, 0.2) is 0 Å². The van der Waals surface area contributed by atoms with Crippen LogP contribution in [0.2, 0.25) is 0 Å². The lowest BCUT2D eigenvalue weighted by Crippen LogP contribution is -2.53. The van der Waals surface area contributed by atoms with Crippen LogP contribution in [-0.2, 0) is 6.42 Å². The highest BCUT2D eigenvalue weighted by molar-refractivity contribution is 5.41. The number of nitrogens with zero attached hydrogens (tertiary/aromatic N) is 1. The second-order valence-electron chi connectivity index (χ2n) is 6.89. The minimum absolute atomic E-state index is 0.128. The van der Waals surface area contributed by atoms with Crippen molar-refractivity contribution in [2.45, 2.75) is 51.1 Å². The van der Waals surface area contributed by atoms with Crippen LogP contribution in [0.4, 0.5) is 0 Å². The van der Waals surface area contributed by atoms with E-state index < -0.39 is 0 Å². The van der Waals surface area contributed by atoms with Crippen molar-refractivity contribution in [3.05, 3.63) is 29.3 Å². The summed E-state index contributed by atoms with van der Waals surface area (Å²) in [6.07, 6.45) is 5.09. The van der Waals surface area contributed by atoms with Crippen molar-refractivity contribution in [3.63, 3.8) is 0 Å². The first-order valence-electron chi connectivity index (χ1n) is 8.31. The van der Waals surface area contributed by atoms with E-state index in [0.29, 0.717) is 6.04 Å². The Hall–Kier alpha value is -1.06. The number of rotatable bonds is 4. The Kier molecular flexibility index (Phi) is 4.23. The van der Waals surface area contributed by atoms with Crippen molar-refractivity contribution in [2.24, 2.45) is 0 Å². The van der Waals surface area contributed by atoms with E-state index in [1.54, 1.807) is 0 Å². The summed E-state index contributed by atoms with van der Waals surface area (Å²) in [5, 5.41) is 3.56. The first-order chi connectivity index (χ1) is 10.1. The van der Waals surface area contributed by atoms with Crippen LogP contribution < -0.4 is 10.1 Å². The zero-order valence-electron chi connectivity index (χ0n) is 13.6. The van der Waals surface area contributed by atoms with Crippen LogP contribution in [0.25, 0.3) is 0 Å². The SMILES string of the molecule is CNC(c1ccc2c(c1)CCO2)C(C)(C)N1CCCCC1. The minimum atomic E-state index is 0.128. The predicted molar refractivity (Wildman–Crippen MR) is 86.9 cm³/mol. The van der Waals surface area contributed by atoms with E-state index in [0.717, 1.165) is 18.8 Å². The van der Waals surface area contributed by atoms with Gasteiger partial charge in [-0.3, -0.25) is 4.90 Å². The van der Waals surface area contributed by atoms with Crippen molar-refractivity contribution in [1.82, 2.24) is 10.2 Å². The molecule has 1 unspecified atom stereocenters. The molecule has 1 saturated heterocycles. The molecule has 2 aliphatic heterocycles. The molecule has 2 heterocycles. The number of hydrogen-bond acceptors (Lipinski definition) is 3. The third-order valence-electron chi connectivity index (χ3n) is 5.21. The van der Waals surface area contributed by atoms with Crippen molar-refractivity contribution in [2.75, 3.05) is 26.7 Å². The van der Waals surface area contributed by atoms with Crippen molar-refractivity contribution in [1.29, 1.82) is 0 Å². The van der Waals surface area contributed by atoms with Crippen LogP contribution in [0, 0.1) is 0 Å². The first-order valence-corrected chi connectivity index (χ1v) is 8.31. The van der Waals surface area contributed by atoms with Crippen LogP contribution >= 0.6 is 0 Å². The lowest BCUT2D eigenvalue weighted by atomic mass is 9.85. The molecule has 21 heavy (non-hydrogen) atoms.